The number of carbonyl (C=O) groups excluding carboxylic acids is 2. The maximum atomic E-state index is 11.9. The number of hydrogen-bond acceptors (Lipinski definition) is 3. The molecule has 1 saturated heterocycles. The molecule has 0 bridgehead atoms. The average molecular weight is 252 g/mol. The molecular weight excluding hydrogens is 232 g/mol. The van der Waals surface area contributed by atoms with E-state index in [-0.39, 0.29) is 30.9 Å². The maximum absolute atomic E-state index is 11.9. The Kier molecular flexibility index (Phi) is 4.71. The number of likely N-dealkylation sites (tertiary alicyclic amines) is 1. The van der Waals surface area contributed by atoms with E-state index in [1.165, 1.54) is 0 Å². The summed E-state index contributed by atoms with van der Waals surface area (Å²) in [6.45, 7) is 13.0. The van der Waals surface area contributed by atoms with E-state index in [1.54, 1.807) is 25.7 Å². The van der Waals surface area contributed by atoms with Crippen molar-refractivity contribution < 1.29 is 14.3 Å². The van der Waals surface area contributed by atoms with Gasteiger partial charge in [-0.3, -0.25) is 19.3 Å². The quantitative estimate of drug-likeness (QED) is 0.570. The molecule has 1 aliphatic rings. The lowest BCUT2D eigenvalue weighted by Gasteiger charge is -2.20. The molecule has 1 rings (SSSR count). The Morgan fingerprint density at radius 3 is 2.61 bits per heavy atom. The summed E-state index contributed by atoms with van der Waals surface area (Å²) in [4.78, 5) is 28.3. The Hall–Kier alpha value is -1.57. The fourth-order valence-corrected chi connectivity index (χ4v) is 1.92. The van der Waals surface area contributed by atoms with E-state index in [1.807, 2.05) is 0 Å². The number of carbonyl (C=O) groups is 2. The molecule has 1 aliphatic heterocycles. The van der Waals surface area contributed by atoms with Crippen molar-refractivity contribution in [1.29, 1.82) is 0 Å². The lowest BCUT2D eigenvalue weighted by atomic mass is 10.2. The molecule has 1 amide bonds. The summed E-state index contributed by atoms with van der Waals surface area (Å²) in [7, 11) is 0. The van der Waals surface area contributed by atoms with Gasteiger partial charge in [-0.15, -0.1) is 0 Å². The first kappa shape index (κ1) is 14.5. The van der Waals surface area contributed by atoms with E-state index in [0.717, 1.165) is 12.8 Å². The van der Waals surface area contributed by atoms with Crippen molar-refractivity contribution in [2.24, 2.45) is 0 Å². The minimum absolute atomic E-state index is 0.0807. The molecule has 0 aromatic carbocycles. The second-order valence-electron chi connectivity index (χ2n) is 5.43. The third kappa shape index (κ3) is 4.36. The smallest absolute Gasteiger partial charge is 0.306 e. The molecule has 100 valence electrons. The van der Waals surface area contributed by atoms with Crippen molar-refractivity contribution in [2.75, 3.05) is 6.54 Å². The Morgan fingerprint density at radius 1 is 1.39 bits per heavy atom. The van der Waals surface area contributed by atoms with Gasteiger partial charge in [0, 0.05) is 19.4 Å². The van der Waals surface area contributed by atoms with Gasteiger partial charge in [0.15, 0.2) is 0 Å². The van der Waals surface area contributed by atoms with Gasteiger partial charge in [0.05, 0.1) is 6.42 Å². The molecule has 0 aliphatic carbocycles. The van der Waals surface area contributed by atoms with Crippen LogP contribution in [0.3, 0.4) is 0 Å². The van der Waals surface area contributed by atoms with E-state index < -0.39 is 5.60 Å². The van der Waals surface area contributed by atoms with Crippen LogP contribution in [0.4, 0.5) is 0 Å². The molecule has 0 radical (unpaired) electrons. The van der Waals surface area contributed by atoms with Crippen LogP contribution < -0.4 is 0 Å². The largest absolute Gasteiger partial charge is 0.460 e. The Morgan fingerprint density at radius 2 is 2.06 bits per heavy atom. The molecule has 18 heavy (non-hydrogen) atoms. The number of nitrogens with zero attached hydrogens (tertiary/aromatic N) is 2. The zero-order valence-electron chi connectivity index (χ0n) is 11.2. The van der Waals surface area contributed by atoms with Crippen molar-refractivity contribution in [3.05, 3.63) is 11.4 Å². The summed E-state index contributed by atoms with van der Waals surface area (Å²) >= 11 is 0. The first-order valence-electron chi connectivity index (χ1n) is 6.21. The van der Waals surface area contributed by atoms with Crippen LogP contribution in [0, 0.1) is 6.57 Å². The van der Waals surface area contributed by atoms with Crippen molar-refractivity contribution in [3.63, 3.8) is 0 Å². The van der Waals surface area contributed by atoms with Gasteiger partial charge in [0.1, 0.15) is 5.60 Å². The summed E-state index contributed by atoms with van der Waals surface area (Å²) < 4.78 is 5.13. The van der Waals surface area contributed by atoms with E-state index in [4.69, 9.17) is 11.3 Å². The third-order valence-electron chi connectivity index (χ3n) is 2.65. The summed E-state index contributed by atoms with van der Waals surface area (Å²) in [5, 5.41) is 0. The highest BCUT2D eigenvalue weighted by Crippen LogP contribution is 2.19. The van der Waals surface area contributed by atoms with Crippen LogP contribution in [0.15, 0.2) is 0 Å². The molecule has 5 heteroatoms. The lowest BCUT2D eigenvalue weighted by Crippen LogP contribution is -2.34. The van der Waals surface area contributed by atoms with Crippen molar-refractivity contribution in [1.82, 2.24) is 4.90 Å². The number of amides is 1. The van der Waals surface area contributed by atoms with Crippen molar-refractivity contribution in [2.45, 2.75) is 58.2 Å². The van der Waals surface area contributed by atoms with E-state index in [2.05, 4.69) is 4.85 Å². The summed E-state index contributed by atoms with van der Waals surface area (Å²) in [5.41, 5.74) is -0.521. The standard InChI is InChI=1S/C13H20N2O3/c1-13(2,3)18-12(17)8-7-11(16)15-9-5-6-10(15)14-4/h10H,5-9H2,1-3H3/t10-/m0/s1. The highest BCUT2D eigenvalue weighted by atomic mass is 16.6. The van der Waals surface area contributed by atoms with Gasteiger partial charge in [-0.25, -0.2) is 6.57 Å². The molecule has 1 atom stereocenters. The Balaban J connectivity index is 2.38. The Bertz CT molecular complexity index is 365. The third-order valence-corrected chi connectivity index (χ3v) is 2.65. The summed E-state index contributed by atoms with van der Waals surface area (Å²) in [5.74, 6) is -0.492. The number of hydrogen-bond donors (Lipinski definition) is 0. The molecule has 0 N–H and O–H groups in total. The van der Waals surface area contributed by atoms with Crippen LogP contribution in [0.25, 0.3) is 4.85 Å². The number of rotatable bonds is 3. The molecule has 0 aromatic heterocycles. The first-order chi connectivity index (χ1) is 8.33. The minimum atomic E-state index is -0.521. The molecule has 0 spiro atoms. The molecule has 0 aromatic rings. The second kappa shape index (κ2) is 5.85. The van der Waals surface area contributed by atoms with Gasteiger partial charge in [-0.1, -0.05) is 0 Å². The topological polar surface area (TPSA) is 51.0 Å². The van der Waals surface area contributed by atoms with Gasteiger partial charge in [0.2, 0.25) is 5.91 Å². The number of ether oxygens (including phenoxy) is 1. The summed E-state index contributed by atoms with van der Waals surface area (Å²) in [6.07, 6.45) is 1.47. The fourth-order valence-electron chi connectivity index (χ4n) is 1.92. The molecule has 0 saturated carbocycles. The van der Waals surface area contributed by atoms with Crippen molar-refractivity contribution in [3.8, 4) is 0 Å². The minimum Gasteiger partial charge on any atom is -0.460 e. The Labute approximate surface area is 108 Å². The van der Waals surface area contributed by atoms with Gasteiger partial charge < -0.3 is 4.74 Å². The second-order valence-corrected chi connectivity index (χ2v) is 5.43. The van der Waals surface area contributed by atoms with Crippen LogP contribution in [0.1, 0.15) is 46.5 Å². The highest BCUT2D eigenvalue weighted by Gasteiger charge is 2.32. The molecule has 1 heterocycles. The number of esters is 1. The molecule has 0 unspecified atom stereocenters. The van der Waals surface area contributed by atoms with Crippen LogP contribution in [0.5, 0.6) is 0 Å². The van der Waals surface area contributed by atoms with E-state index >= 15 is 0 Å². The predicted octanol–water partition coefficient (Wildman–Crippen LogP) is 1.98. The maximum Gasteiger partial charge on any atom is 0.306 e. The van der Waals surface area contributed by atoms with Crippen LogP contribution in [-0.2, 0) is 14.3 Å². The molecule has 1 fully saturated rings. The molecular formula is C13H20N2O3. The predicted molar refractivity (Wildman–Crippen MR) is 66.4 cm³/mol. The van der Waals surface area contributed by atoms with E-state index in [0.29, 0.717) is 6.54 Å². The summed E-state index contributed by atoms with van der Waals surface area (Å²) in [6, 6.07) is 0. The normalized spacial score (nSPS) is 19.4. The SMILES string of the molecule is [C-]#[N+][C@@H]1CCCN1C(=O)CCC(=O)OC(C)(C)C. The van der Waals surface area contributed by atoms with Crippen molar-refractivity contribution >= 4 is 11.9 Å². The average Bonchev–Trinajstić information content (AvgIpc) is 2.71. The zero-order valence-corrected chi connectivity index (χ0v) is 11.2. The van der Waals surface area contributed by atoms with E-state index in [9.17, 15) is 9.59 Å². The van der Waals surface area contributed by atoms with Gasteiger partial charge in [-0.05, 0) is 27.2 Å². The van der Waals surface area contributed by atoms with Crippen LogP contribution in [-0.4, -0.2) is 35.1 Å². The fraction of sp³-hybridized carbons (Fsp3) is 0.769. The highest BCUT2D eigenvalue weighted by molar-refractivity contribution is 5.82. The van der Waals surface area contributed by atoms with Crippen LogP contribution in [0.2, 0.25) is 0 Å². The monoisotopic (exact) mass is 252 g/mol. The van der Waals surface area contributed by atoms with Gasteiger partial charge in [-0.2, -0.15) is 0 Å². The zero-order chi connectivity index (χ0) is 13.8. The van der Waals surface area contributed by atoms with Gasteiger partial charge >= 0.3 is 12.1 Å². The first-order valence-corrected chi connectivity index (χ1v) is 6.21. The van der Waals surface area contributed by atoms with Crippen LogP contribution >= 0.6 is 0 Å². The lowest BCUT2D eigenvalue weighted by molar-refractivity contribution is -0.156. The van der Waals surface area contributed by atoms with Gasteiger partial charge in [0.25, 0.3) is 0 Å². The molecule has 5 nitrogen and oxygen atoms in total.